The van der Waals surface area contributed by atoms with Gasteiger partial charge < -0.3 is 15.8 Å². The summed E-state index contributed by atoms with van der Waals surface area (Å²) in [6.07, 6.45) is 2.21. The van der Waals surface area contributed by atoms with E-state index in [1.165, 1.54) is 5.56 Å². The number of hydrogen-bond donors (Lipinski definition) is 2. The van der Waals surface area contributed by atoms with Crippen LogP contribution in [0.15, 0.2) is 54.6 Å². The third kappa shape index (κ3) is 6.05. The Balaban J connectivity index is 1.39. The molecular formula is C24H33N3O2. The lowest BCUT2D eigenvalue weighted by Gasteiger charge is -2.32. The van der Waals surface area contributed by atoms with Gasteiger partial charge in [0.15, 0.2) is 0 Å². The van der Waals surface area contributed by atoms with Crippen LogP contribution in [-0.2, 0) is 11.3 Å². The first-order valence-corrected chi connectivity index (χ1v) is 10.5. The number of benzene rings is 2. The van der Waals surface area contributed by atoms with E-state index in [2.05, 4.69) is 22.3 Å². The van der Waals surface area contributed by atoms with Gasteiger partial charge in [0.05, 0.1) is 13.0 Å². The number of nitrogens with zero attached hydrogens (tertiary/aromatic N) is 1. The van der Waals surface area contributed by atoms with Crippen molar-refractivity contribution in [2.45, 2.75) is 32.4 Å². The molecule has 0 spiro atoms. The van der Waals surface area contributed by atoms with Crippen LogP contribution >= 0.6 is 0 Å². The average Bonchev–Trinajstić information content (AvgIpc) is 2.78. The van der Waals surface area contributed by atoms with Gasteiger partial charge in [-0.15, -0.1) is 0 Å². The monoisotopic (exact) mass is 395 g/mol. The first-order chi connectivity index (χ1) is 14.1. The Bertz CT molecular complexity index is 755. The highest BCUT2D eigenvalue weighted by Gasteiger charge is 2.24. The number of rotatable bonds is 8. The summed E-state index contributed by atoms with van der Waals surface area (Å²) in [6, 6.07) is 17.8. The van der Waals surface area contributed by atoms with Gasteiger partial charge in [0.25, 0.3) is 0 Å². The average molecular weight is 396 g/mol. The minimum absolute atomic E-state index is 0.0435. The molecule has 0 aromatic heterocycles. The molecule has 2 atom stereocenters. The molecule has 0 radical (unpaired) electrons. The summed E-state index contributed by atoms with van der Waals surface area (Å²) in [4.78, 5) is 15.0. The van der Waals surface area contributed by atoms with Crippen molar-refractivity contribution in [2.75, 3.05) is 26.7 Å². The molecule has 1 saturated heterocycles. The Morgan fingerprint density at radius 3 is 2.41 bits per heavy atom. The standard InChI is InChI=1S/C24H33N3O2/c1-18(23(25)21-6-4-3-5-7-21)24(28)26-16-19-12-14-27(15-13-19)17-20-8-10-22(29-2)11-9-20/h3-11,18-19,23H,12-17,25H2,1-2H3,(H,26,28). The van der Waals surface area contributed by atoms with Crippen LogP contribution in [0.1, 0.15) is 36.9 Å². The molecule has 1 amide bonds. The summed E-state index contributed by atoms with van der Waals surface area (Å²) in [5.41, 5.74) is 8.59. The van der Waals surface area contributed by atoms with Crippen molar-refractivity contribution in [1.29, 1.82) is 0 Å². The van der Waals surface area contributed by atoms with Crippen molar-refractivity contribution in [3.05, 3.63) is 65.7 Å². The van der Waals surface area contributed by atoms with Gasteiger partial charge in [0.1, 0.15) is 5.75 Å². The SMILES string of the molecule is COc1ccc(CN2CCC(CNC(=O)C(C)C(N)c3ccccc3)CC2)cc1. The fourth-order valence-corrected chi connectivity index (χ4v) is 3.87. The van der Waals surface area contributed by atoms with Gasteiger partial charge in [-0.2, -0.15) is 0 Å². The molecule has 1 aliphatic heterocycles. The molecule has 1 heterocycles. The number of ether oxygens (including phenoxy) is 1. The lowest BCUT2D eigenvalue weighted by Crippen LogP contribution is -2.41. The highest BCUT2D eigenvalue weighted by atomic mass is 16.5. The molecule has 1 fully saturated rings. The molecule has 2 aromatic carbocycles. The fraction of sp³-hybridized carbons (Fsp3) is 0.458. The van der Waals surface area contributed by atoms with Gasteiger partial charge in [-0.1, -0.05) is 49.4 Å². The van der Waals surface area contributed by atoms with E-state index < -0.39 is 0 Å². The molecule has 3 N–H and O–H groups in total. The van der Waals surface area contributed by atoms with Gasteiger partial charge >= 0.3 is 0 Å². The van der Waals surface area contributed by atoms with Crippen LogP contribution < -0.4 is 15.8 Å². The van der Waals surface area contributed by atoms with E-state index in [0.29, 0.717) is 5.92 Å². The van der Waals surface area contributed by atoms with Crippen LogP contribution in [0, 0.1) is 11.8 Å². The van der Waals surface area contributed by atoms with Gasteiger partial charge in [-0.3, -0.25) is 9.69 Å². The smallest absolute Gasteiger partial charge is 0.224 e. The number of amides is 1. The van der Waals surface area contributed by atoms with Crippen LogP contribution in [0.5, 0.6) is 5.75 Å². The maximum Gasteiger partial charge on any atom is 0.224 e. The zero-order valence-electron chi connectivity index (χ0n) is 17.5. The summed E-state index contributed by atoms with van der Waals surface area (Å²) >= 11 is 0. The van der Waals surface area contributed by atoms with E-state index in [4.69, 9.17) is 10.5 Å². The molecule has 2 aromatic rings. The summed E-state index contributed by atoms with van der Waals surface area (Å²) in [5, 5.41) is 3.13. The van der Waals surface area contributed by atoms with E-state index in [-0.39, 0.29) is 17.9 Å². The van der Waals surface area contributed by atoms with Crippen LogP contribution in [0.4, 0.5) is 0 Å². The molecule has 0 aliphatic carbocycles. The Kier molecular flexibility index (Phi) is 7.67. The number of carbonyl (C=O) groups is 1. The van der Waals surface area contributed by atoms with Gasteiger partial charge in [0.2, 0.25) is 5.91 Å². The molecule has 156 valence electrons. The van der Waals surface area contributed by atoms with Gasteiger partial charge in [-0.05, 0) is 55.1 Å². The highest BCUT2D eigenvalue weighted by molar-refractivity contribution is 5.79. The predicted molar refractivity (Wildman–Crippen MR) is 117 cm³/mol. The lowest BCUT2D eigenvalue weighted by molar-refractivity contribution is -0.125. The predicted octanol–water partition coefficient (Wildman–Crippen LogP) is 3.36. The first-order valence-electron chi connectivity index (χ1n) is 10.5. The Morgan fingerprint density at radius 2 is 1.79 bits per heavy atom. The van der Waals surface area contributed by atoms with Crippen LogP contribution in [-0.4, -0.2) is 37.6 Å². The number of nitrogens with two attached hydrogens (primary N) is 1. The second-order valence-corrected chi connectivity index (χ2v) is 8.04. The molecule has 0 bridgehead atoms. The molecule has 2 unspecified atom stereocenters. The van der Waals surface area contributed by atoms with Gasteiger partial charge in [-0.25, -0.2) is 0 Å². The molecule has 5 nitrogen and oxygen atoms in total. The number of likely N-dealkylation sites (tertiary alicyclic amines) is 1. The van der Waals surface area contributed by atoms with Crippen molar-refractivity contribution in [2.24, 2.45) is 17.6 Å². The minimum atomic E-state index is -0.275. The maximum absolute atomic E-state index is 12.5. The highest BCUT2D eigenvalue weighted by Crippen LogP contribution is 2.21. The van der Waals surface area contributed by atoms with E-state index in [1.54, 1.807) is 7.11 Å². The van der Waals surface area contributed by atoms with Crippen molar-refractivity contribution in [3.8, 4) is 5.75 Å². The maximum atomic E-state index is 12.5. The van der Waals surface area contributed by atoms with E-state index in [0.717, 1.165) is 50.3 Å². The van der Waals surface area contributed by atoms with Crippen LogP contribution in [0.3, 0.4) is 0 Å². The van der Waals surface area contributed by atoms with Crippen molar-refractivity contribution in [1.82, 2.24) is 10.2 Å². The number of piperidine rings is 1. The summed E-state index contributed by atoms with van der Waals surface area (Å²) in [7, 11) is 1.69. The second-order valence-electron chi connectivity index (χ2n) is 8.04. The molecule has 0 saturated carbocycles. The normalized spacial score (nSPS) is 17.5. The number of nitrogens with one attached hydrogen (secondary N) is 1. The Labute approximate surface area is 174 Å². The molecule has 29 heavy (non-hydrogen) atoms. The largest absolute Gasteiger partial charge is 0.497 e. The molecule has 1 aliphatic rings. The van der Waals surface area contributed by atoms with E-state index in [9.17, 15) is 4.79 Å². The zero-order valence-corrected chi connectivity index (χ0v) is 17.5. The van der Waals surface area contributed by atoms with Crippen LogP contribution in [0.25, 0.3) is 0 Å². The van der Waals surface area contributed by atoms with Crippen molar-refractivity contribution < 1.29 is 9.53 Å². The summed E-state index contributed by atoms with van der Waals surface area (Å²) < 4.78 is 5.22. The minimum Gasteiger partial charge on any atom is -0.497 e. The quantitative estimate of drug-likeness (QED) is 0.719. The third-order valence-electron chi connectivity index (χ3n) is 5.97. The number of hydrogen-bond acceptors (Lipinski definition) is 4. The molecule has 5 heteroatoms. The summed E-state index contributed by atoms with van der Waals surface area (Å²) in [5.74, 6) is 1.23. The second kappa shape index (κ2) is 10.4. The Hall–Kier alpha value is -2.37. The molecule has 3 rings (SSSR count). The van der Waals surface area contributed by atoms with Crippen molar-refractivity contribution >= 4 is 5.91 Å². The topological polar surface area (TPSA) is 67.6 Å². The first kappa shape index (κ1) is 21.3. The fourth-order valence-electron chi connectivity index (χ4n) is 3.87. The zero-order chi connectivity index (χ0) is 20.6. The van der Waals surface area contributed by atoms with Crippen molar-refractivity contribution in [3.63, 3.8) is 0 Å². The molecular weight excluding hydrogens is 362 g/mol. The Morgan fingerprint density at radius 1 is 1.14 bits per heavy atom. The van der Waals surface area contributed by atoms with E-state index in [1.807, 2.05) is 49.4 Å². The van der Waals surface area contributed by atoms with Crippen LogP contribution in [0.2, 0.25) is 0 Å². The lowest BCUT2D eigenvalue weighted by atomic mass is 9.93. The number of carbonyl (C=O) groups excluding carboxylic acids is 1. The number of methoxy groups -OCH3 is 1. The third-order valence-corrected chi connectivity index (χ3v) is 5.97. The van der Waals surface area contributed by atoms with Gasteiger partial charge in [0, 0.05) is 19.1 Å². The summed E-state index contributed by atoms with van der Waals surface area (Å²) in [6.45, 7) is 5.73. The van der Waals surface area contributed by atoms with E-state index >= 15 is 0 Å².